The van der Waals surface area contributed by atoms with E-state index in [0.717, 1.165) is 0 Å². The van der Waals surface area contributed by atoms with Crippen LogP contribution in [-0.2, 0) is 14.3 Å². The lowest BCUT2D eigenvalue weighted by Gasteiger charge is -2.16. The minimum absolute atomic E-state index is 0.219. The molecule has 2 aromatic carbocycles. The number of hydrogen-bond donors (Lipinski definition) is 1. The van der Waals surface area contributed by atoms with Crippen LogP contribution in [0, 0.1) is 0 Å². The highest BCUT2D eigenvalue weighted by Gasteiger charge is 2.29. The number of amides is 1. The molecule has 4 nitrogen and oxygen atoms in total. The third kappa shape index (κ3) is 4.09. The van der Waals surface area contributed by atoms with Crippen LogP contribution in [0.5, 0.6) is 0 Å². The van der Waals surface area contributed by atoms with Gasteiger partial charge < -0.3 is 10.1 Å². The summed E-state index contributed by atoms with van der Waals surface area (Å²) in [5, 5.41) is 3.28. The number of halogens is 1. The second-order valence-electron chi connectivity index (χ2n) is 4.59. The maximum atomic E-state index is 12.5. The molecule has 2 aromatic rings. The summed E-state index contributed by atoms with van der Waals surface area (Å²) in [4.78, 5) is 24.6. The van der Waals surface area contributed by atoms with Gasteiger partial charge in [-0.1, -0.05) is 41.9 Å². The minimum Gasteiger partial charge on any atom is -0.465 e. The van der Waals surface area contributed by atoms with Crippen molar-refractivity contribution in [3.63, 3.8) is 0 Å². The van der Waals surface area contributed by atoms with Gasteiger partial charge in [0.2, 0.25) is 5.91 Å². The quantitative estimate of drug-likeness (QED) is 0.677. The van der Waals surface area contributed by atoms with E-state index in [2.05, 4.69) is 5.32 Å². The lowest BCUT2D eigenvalue weighted by atomic mass is 9.98. The Bertz CT molecular complexity index is 641. The zero-order valence-electron chi connectivity index (χ0n) is 12.1. The van der Waals surface area contributed by atoms with Gasteiger partial charge in [-0.15, -0.1) is 0 Å². The zero-order chi connectivity index (χ0) is 15.9. The van der Waals surface area contributed by atoms with E-state index in [1.54, 1.807) is 55.5 Å². The molecule has 0 fully saturated rings. The fraction of sp³-hybridized carbons (Fsp3) is 0.176. The van der Waals surface area contributed by atoms with Gasteiger partial charge in [-0.05, 0) is 36.8 Å². The van der Waals surface area contributed by atoms with Crippen LogP contribution in [0.1, 0.15) is 18.4 Å². The van der Waals surface area contributed by atoms with E-state index in [4.69, 9.17) is 16.3 Å². The van der Waals surface area contributed by atoms with Gasteiger partial charge in [-0.2, -0.15) is 0 Å². The van der Waals surface area contributed by atoms with Crippen molar-refractivity contribution in [2.75, 3.05) is 11.9 Å². The molecule has 0 aromatic heterocycles. The Balaban J connectivity index is 2.22. The molecule has 0 spiro atoms. The van der Waals surface area contributed by atoms with Crippen LogP contribution in [-0.4, -0.2) is 18.5 Å². The van der Waals surface area contributed by atoms with Crippen LogP contribution in [0.4, 0.5) is 5.69 Å². The summed E-state index contributed by atoms with van der Waals surface area (Å²) in [6.07, 6.45) is 0. The molecule has 0 radical (unpaired) electrons. The van der Waals surface area contributed by atoms with Crippen molar-refractivity contribution in [1.82, 2.24) is 0 Å². The predicted molar refractivity (Wildman–Crippen MR) is 85.9 cm³/mol. The SMILES string of the molecule is CCOC(=O)C(C(=O)Nc1ccc(Cl)cc1)c1ccccc1. The molecule has 1 amide bonds. The van der Waals surface area contributed by atoms with Crippen molar-refractivity contribution in [1.29, 1.82) is 0 Å². The largest absolute Gasteiger partial charge is 0.465 e. The minimum atomic E-state index is -1.00. The summed E-state index contributed by atoms with van der Waals surface area (Å²) in [6.45, 7) is 1.92. The first kappa shape index (κ1) is 16.0. The Kier molecular flexibility index (Phi) is 5.55. The first-order valence-electron chi connectivity index (χ1n) is 6.90. The molecular formula is C17H16ClNO3. The van der Waals surface area contributed by atoms with E-state index in [1.165, 1.54) is 0 Å². The molecule has 1 N–H and O–H groups in total. The Morgan fingerprint density at radius 3 is 2.32 bits per heavy atom. The third-order valence-electron chi connectivity index (χ3n) is 3.03. The van der Waals surface area contributed by atoms with Crippen LogP contribution < -0.4 is 5.32 Å². The van der Waals surface area contributed by atoms with Gasteiger partial charge in [-0.25, -0.2) is 0 Å². The Hall–Kier alpha value is -2.33. The van der Waals surface area contributed by atoms with Gasteiger partial charge in [0.05, 0.1) is 6.61 Å². The Labute approximate surface area is 134 Å². The standard InChI is InChI=1S/C17H16ClNO3/c1-2-22-17(21)15(12-6-4-3-5-7-12)16(20)19-14-10-8-13(18)9-11-14/h3-11,15H,2H2,1H3,(H,19,20). The van der Waals surface area contributed by atoms with Gasteiger partial charge in [0, 0.05) is 10.7 Å². The van der Waals surface area contributed by atoms with E-state index in [0.29, 0.717) is 16.3 Å². The number of carbonyl (C=O) groups is 2. The Morgan fingerprint density at radius 2 is 1.73 bits per heavy atom. The first-order valence-corrected chi connectivity index (χ1v) is 7.27. The van der Waals surface area contributed by atoms with Crippen LogP contribution in [0.3, 0.4) is 0 Å². The number of carbonyl (C=O) groups excluding carboxylic acids is 2. The molecule has 0 saturated carbocycles. The second kappa shape index (κ2) is 7.61. The predicted octanol–water partition coefficient (Wildman–Crippen LogP) is 3.63. The third-order valence-corrected chi connectivity index (χ3v) is 3.28. The second-order valence-corrected chi connectivity index (χ2v) is 5.03. The topological polar surface area (TPSA) is 55.4 Å². The number of nitrogens with one attached hydrogen (secondary N) is 1. The molecular weight excluding hydrogens is 302 g/mol. The molecule has 0 bridgehead atoms. The molecule has 22 heavy (non-hydrogen) atoms. The highest BCUT2D eigenvalue weighted by atomic mass is 35.5. The van der Waals surface area contributed by atoms with Crippen molar-refractivity contribution in [2.24, 2.45) is 0 Å². The van der Waals surface area contributed by atoms with Gasteiger partial charge >= 0.3 is 5.97 Å². The summed E-state index contributed by atoms with van der Waals surface area (Å²) >= 11 is 5.81. The molecule has 1 unspecified atom stereocenters. The van der Waals surface area contributed by atoms with Gasteiger partial charge in [0.15, 0.2) is 5.92 Å². The van der Waals surface area contributed by atoms with Gasteiger partial charge in [-0.3, -0.25) is 9.59 Å². The number of anilines is 1. The van der Waals surface area contributed by atoms with Crippen LogP contribution in [0.25, 0.3) is 0 Å². The number of esters is 1. The zero-order valence-corrected chi connectivity index (χ0v) is 12.8. The van der Waals surface area contributed by atoms with Gasteiger partial charge in [0.25, 0.3) is 0 Å². The van der Waals surface area contributed by atoms with Crippen molar-refractivity contribution < 1.29 is 14.3 Å². The van der Waals surface area contributed by atoms with Crippen molar-refractivity contribution in [3.8, 4) is 0 Å². The van der Waals surface area contributed by atoms with Crippen molar-refractivity contribution >= 4 is 29.2 Å². The smallest absolute Gasteiger partial charge is 0.323 e. The molecule has 0 aliphatic heterocycles. The maximum absolute atomic E-state index is 12.5. The van der Waals surface area contributed by atoms with E-state index >= 15 is 0 Å². The lowest BCUT2D eigenvalue weighted by molar-refractivity contribution is -0.147. The van der Waals surface area contributed by atoms with E-state index < -0.39 is 17.8 Å². The highest BCUT2D eigenvalue weighted by molar-refractivity contribution is 6.30. The molecule has 114 valence electrons. The summed E-state index contributed by atoms with van der Waals surface area (Å²) in [5.41, 5.74) is 1.16. The number of hydrogen-bond acceptors (Lipinski definition) is 3. The molecule has 2 rings (SSSR count). The highest BCUT2D eigenvalue weighted by Crippen LogP contribution is 2.21. The monoisotopic (exact) mass is 317 g/mol. The molecule has 0 heterocycles. The average Bonchev–Trinajstić information content (AvgIpc) is 2.51. The van der Waals surface area contributed by atoms with E-state index in [-0.39, 0.29) is 6.61 Å². The van der Waals surface area contributed by atoms with Crippen molar-refractivity contribution in [3.05, 3.63) is 65.2 Å². The number of ether oxygens (including phenoxy) is 1. The first-order chi connectivity index (χ1) is 10.6. The molecule has 1 atom stereocenters. The summed E-state index contributed by atoms with van der Waals surface area (Å²) < 4.78 is 5.02. The molecule has 0 saturated heterocycles. The molecule has 0 aliphatic rings. The summed E-state index contributed by atoms with van der Waals surface area (Å²) in [5.74, 6) is -2.01. The van der Waals surface area contributed by atoms with Crippen LogP contribution >= 0.6 is 11.6 Å². The van der Waals surface area contributed by atoms with E-state index in [1.807, 2.05) is 6.07 Å². The average molecular weight is 318 g/mol. The Morgan fingerprint density at radius 1 is 1.09 bits per heavy atom. The lowest BCUT2D eigenvalue weighted by Crippen LogP contribution is -2.29. The number of benzene rings is 2. The van der Waals surface area contributed by atoms with Crippen LogP contribution in [0.15, 0.2) is 54.6 Å². The maximum Gasteiger partial charge on any atom is 0.323 e. The van der Waals surface area contributed by atoms with Crippen LogP contribution in [0.2, 0.25) is 5.02 Å². The van der Waals surface area contributed by atoms with Gasteiger partial charge in [0.1, 0.15) is 0 Å². The van der Waals surface area contributed by atoms with E-state index in [9.17, 15) is 9.59 Å². The fourth-order valence-electron chi connectivity index (χ4n) is 2.01. The fourth-order valence-corrected chi connectivity index (χ4v) is 2.14. The summed E-state index contributed by atoms with van der Waals surface area (Å²) in [7, 11) is 0. The molecule has 5 heteroatoms. The van der Waals surface area contributed by atoms with Crippen molar-refractivity contribution in [2.45, 2.75) is 12.8 Å². The molecule has 0 aliphatic carbocycles. The normalized spacial score (nSPS) is 11.5. The summed E-state index contributed by atoms with van der Waals surface area (Å²) in [6, 6.07) is 15.5. The number of rotatable bonds is 5.